The van der Waals surface area contributed by atoms with Crippen LogP contribution >= 0.6 is 35.3 Å². The van der Waals surface area contributed by atoms with E-state index in [1.54, 1.807) is 18.4 Å². The zero-order valence-electron chi connectivity index (χ0n) is 18.4. The number of aryl methyl sites for hydroxylation is 1. The summed E-state index contributed by atoms with van der Waals surface area (Å²) in [6.45, 7) is 7.13. The molecule has 0 saturated carbocycles. The lowest BCUT2D eigenvalue weighted by atomic mass is 9.97. The Kier molecular flexibility index (Phi) is 10.3. The molecule has 1 N–H and O–H groups in total. The molecule has 0 amide bonds. The molecule has 2 aromatic rings. The van der Waals surface area contributed by atoms with E-state index in [0.29, 0.717) is 5.92 Å². The van der Waals surface area contributed by atoms with Crippen molar-refractivity contribution in [3.8, 4) is 5.75 Å². The molecular formula is C22H34IN5OS. The van der Waals surface area contributed by atoms with Crippen LogP contribution < -0.4 is 10.1 Å². The fraction of sp³-hybridized carbons (Fsp3) is 0.545. The summed E-state index contributed by atoms with van der Waals surface area (Å²) in [4.78, 5) is 13.8. The number of likely N-dealkylation sites (tertiary alicyclic amines) is 1. The minimum Gasteiger partial charge on any atom is -0.497 e. The van der Waals surface area contributed by atoms with Crippen LogP contribution in [-0.4, -0.2) is 61.6 Å². The van der Waals surface area contributed by atoms with Gasteiger partial charge in [-0.15, -0.1) is 35.3 Å². The van der Waals surface area contributed by atoms with Gasteiger partial charge in [0.25, 0.3) is 0 Å². The molecule has 1 aromatic heterocycles. The molecule has 0 spiro atoms. The lowest BCUT2D eigenvalue weighted by Gasteiger charge is -2.32. The topological polar surface area (TPSA) is 53.0 Å². The van der Waals surface area contributed by atoms with Gasteiger partial charge < -0.3 is 15.0 Å². The van der Waals surface area contributed by atoms with E-state index in [1.165, 1.54) is 24.1 Å². The van der Waals surface area contributed by atoms with Crippen LogP contribution in [0.1, 0.15) is 29.1 Å². The molecule has 1 saturated heterocycles. The van der Waals surface area contributed by atoms with Gasteiger partial charge in [0.2, 0.25) is 0 Å². The molecule has 0 atom stereocenters. The minimum atomic E-state index is 0. The number of nitrogens with zero attached hydrogens (tertiary/aromatic N) is 4. The van der Waals surface area contributed by atoms with Crippen molar-refractivity contribution in [2.45, 2.75) is 32.9 Å². The maximum atomic E-state index is 5.23. The van der Waals surface area contributed by atoms with Crippen LogP contribution in [0, 0.1) is 12.8 Å². The summed E-state index contributed by atoms with van der Waals surface area (Å²) in [6, 6.07) is 8.20. The van der Waals surface area contributed by atoms with E-state index in [2.05, 4.69) is 56.6 Å². The Labute approximate surface area is 201 Å². The summed E-state index contributed by atoms with van der Waals surface area (Å²) in [6.07, 6.45) is 2.44. The van der Waals surface area contributed by atoms with E-state index < -0.39 is 0 Å². The highest BCUT2D eigenvalue weighted by atomic mass is 127. The maximum Gasteiger partial charge on any atom is 0.193 e. The van der Waals surface area contributed by atoms with Gasteiger partial charge in [0, 0.05) is 39.1 Å². The third kappa shape index (κ3) is 7.39. The van der Waals surface area contributed by atoms with E-state index in [9.17, 15) is 0 Å². The second-order valence-corrected chi connectivity index (χ2v) is 8.77. The lowest BCUT2D eigenvalue weighted by molar-refractivity contribution is 0.176. The summed E-state index contributed by atoms with van der Waals surface area (Å²) < 4.78 is 5.23. The van der Waals surface area contributed by atoms with Gasteiger partial charge in [-0.05, 0) is 56.5 Å². The van der Waals surface area contributed by atoms with Gasteiger partial charge in [0.05, 0.1) is 17.8 Å². The van der Waals surface area contributed by atoms with Gasteiger partial charge in [-0.3, -0.25) is 9.89 Å². The summed E-state index contributed by atoms with van der Waals surface area (Å²) in [7, 11) is 5.63. The Morgan fingerprint density at radius 1 is 1.30 bits per heavy atom. The van der Waals surface area contributed by atoms with Crippen LogP contribution in [0.2, 0.25) is 0 Å². The molecule has 6 nitrogen and oxygen atoms in total. The van der Waals surface area contributed by atoms with Gasteiger partial charge in [0.15, 0.2) is 5.96 Å². The van der Waals surface area contributed by atoms with Crippen molar-refractivity contribution < 1.29 is 4.74 Å². The van der Waals surface area contributed by atoms with Crippen LogP contribution in [0.4, 0.5) is 0 Å². The molecule has 166 valence electrons. The molecule has 1 aliphatic heterocycles. The van der Waals surface area contributed by atoms with Crippen molar-refractivity contribution in [2.24, 2.45) is 10.9 Å². The summed E-state index contributed by atoms with van der Waals surface area (Å²) >= 11 is 1.74. The van der Waals surface area contributed by atoms with Crippen LogP contribution in [-0.2, 0) is 13.1 Å². The molecule has 0 aliphatic carbocycles. The number of aliphatic imine (C=N–C) groups is 1. The van der Waals surface area contributed by atoms with E-state index in [4.69, 9.17) is 4.74 Å². The quantitative estimate of drug-likeness (QED) is 0.325. The summed E-state index contributed by atoms with van der Waals surface area (Å²) in [5.41, 5.74) is 2.45. The number of guanidine groups is 1. The largest absolute Gasteiger partial charge is 0.497 e. The second kappa shape index (κ2) is 12.5. The Morgan fingerprint density at radius 3 is 2.57 bits per heavy atom. The van der Waals surface area contributed by atoms with Crippen molar-refractivity contribution >= 4 is 41.3 Å². The molecule has 1 aliphatic rings. The summed E-state index contributed by atoms with van der Waals surface area (Å²) in [5, 5.41) is 6.91. The molecule has 2 heterocycles. The van der Waals surface area contributed by atoms with Gasteiger partial charge >= 0.3 is 0 Å². The van der Waals surface area contributed by atoms with Gasteiger partial charge in [-0.25, -0.2) is 4.98 Å². The monoisotopic (exact) mass is 543 g/mol. The molecule has 8 heteroatoms. The zero-order valence-corrected chi connectivity index (χ0v) is 21.6. The highest BCUT2D eigenvalue weighted by Gasteiger charge is 2.20. The van der Waals surface area contributed by atoms with Gasteiger partial charge in [-0.1, -0.05) is 12.1 Å². The molecule has 0 bridgehead atoms. The average molecular weight is 544 g/mol. The molecule has 1 fully saturated rings. The van der Waals surface area contributed by atoms with E-state index in [0.717, 1.165) is 49.4 Å². The van der Waals surface area contributed by atoms with E-state index in [-0.39, 0.29) is 24.0 Å². The summed E-state index contributed by atoms with van der Waals surface area (Å²) in [5.74, 6) is 2.52. The number of benzene rings is 1. The van der Waals surface area contributed by atoms with Crippen LogP contribution in [0.25, 0.3) is 0 Å². The number of hydrogen-bond donors (Lipinski definition) is 1. The van der Waals surface area contributed by atoms with Crippen LogP contribution in [0.5, 0.6) is 5.75 Å². The number of ether oxygens (including phenoxy) is 1. The van der Waals surface area contributed by atoms with Gasteiger partial charge in [-0.2, -0.15) is 0 Å². The third-order valence-corrected chi connectivity index (χ3v) is 6.28. The van der Waals surface area contributed by atoms with Crippen molar-refractivity contribution in [2.75, 3.05) is 40.8 Å². The molecule has 3 rings (SSSR count). The Hall–Kier alpha value is -1.39. The maximum absolute atomic E-state index is 5.23. The first kappa shape index (κ1) is 24.9. The number of nitrogens with one attached hydrogen (secondary N) is 1. The average Bonchev–Trinajstić information content (AvgIpc) is 3.15. The van der Waals surface area contributed by atoms with Crippen LogP contribution in [0.15, 0.2) is 34.6 Å². The lowest BCUT2D eigenvalue weighted by Crippen LogP contribution is -2.43. The molecule has 1 aromatic carbocycles. The van der Waals surface area contributed by atoms with Crippen molar-refractivity contribution in [1.29, 1.82) is 0 Å². The first-order valence-electron chi connectivity index (χ1n) is 10.3. The predicted molar refractivity (Wildman–Crippen MR) is 136 cm³/mol. The van der Waals surface area contributed by atoms with E-state index in [1.807, 2.05) is 19.2 Å². The molecule has 0 radical (unpaired) electrons. The number of aromatic nitrogens is 1. The molecule has 30 heavy (non-hydrogen) atoms. The number of methoxy groups -OCH3 is 1. The molecule has 0 unspecified atom stereocenters. The normalized spacial score (nSPS) is 15.5. The number of hydrogen-bond acceptors (Lipinski definition) is 5. The van der Waals surface area contributed by atoms with Crippen LogP contribution in [0.3, 0.4) is 0 Å². The highest BCUT2D eigenvalue weighted by molar-refractivity contribution is 14.0. The smallest absolute Gasteiger partial charge is 0.193 e. The first-order chi connectivity index (χ1) is 14.1. The number of halogens is 1. The fourth-order valence-corrected chi connectivity index (χ4v) is 4.36. The Bertz CT molecular complexity index is 787. The SMILES string of the molecule is CN=C(NCC1CCN(Cc2csc(C)n2)CC1)N(C)Cc1ccc(OC)cc1.I. The number of piperidine rings is 1. The Morgan fingerprint density at radius 2 is 2.00 bits per heavy atom. The standard InChI is InChI=1S/C22H33N5OS.HI/c1-17-25-20(16-29-17)15-27-11-9-18(10-12-27)13-24-22(23-2)26(3)14-19-5-7-21(28-4)8-6-19;/h5-8,16,18H,9-15H2,1-4H3,(H,23,24);1H. The first-order valence-corrected chi connectivity index (χ1v) is 11.1. The second-order valence-electron chi connectivity index (χ2n) is 7.71. The highest BCUT2D eigenvalue weighted by Crippen LogP contribution is 2.19. The Balaban J connectivity index is 0.00000320. The van der Waals surface area contributed by atoms with Crippen molar-refractivity contribution in [1.82, 2.24) is 20.1 Å². The molecular weight excluding hydrogens is 509 g/mol. The van der Waals surface area contributed by atoms with E-state index >= 15 is 0 Å². The number of thiazole rings is 1. The predicted octanol–water partition coefficient (Wildman–Crippen LogP) is 4.00. The van der Waals surface area contributed by atoms with Crippen molar-refractivity contribution in [3.05, 3.63) is 45.9 Å². The fourth-order valence-electron chi connectivity index (χ4n) is 3.76. The van der Waals surface area contributed by atoms with Gasteiger partial charge in [0.1, 0.15) is 5.75 Å². The van der Waals surface area contributed by atoms with Crippen molar-refractivity contribution in [3.63, 3.8) is 0 Å². The minimum absolute atomic E-state index is 0. The third-order valence-electron chi connectivity index (χ3n) is 5.46. The number of rotatable bonds is 7. The zero-order chi connectivity index (χ0) is 20.6.